The van der Waals surface area contributed by atoms with Crippen molar-refractivity contribution in [2.75, 3.05) is 57.8 Å². The molecule has 0 bridgehead atoms. The zero-order valence-electron chi connectivity index (χ0n) is 21.3. The fraction of sp³-hybridized carbons (Fsp3) is 0.630. The van der Waals surface area contributed by atoms with E-state index < -0.39 is 0 Å². The molecule has 9 heteroatoms. The normalized spacial score (nSPS) is 28.3. The Labute approximate surface area is 219 Å². The smallest absolute Gasteiger partial charge is 0.151 e. The van der Waals surface area contributed by atoms with Gasteiger partial charge < -0.3 is 14.5 Å². The largest absolute Gasteiger partial charge is 0.378 e. The quantitative estimate of drug-likeness (QED) is 0.532. The molecular formula is C27H39FN6OS. The van der Waals surface area contributed by atoms with Crippen molar-refractivity contribution < 1.29 is 9.13 Å². The Morgan fingerprint density at radius 2 is 1.86 bits per heavy atom. The molecule has 2 atom stereocenters. The highest BCUT2D eigenvalue weighted by atomic mass is 32.2. The molecule has 36 heavy (non-hydrogen) atoms. The Hall–Kier alpha value is -1.78. The zero-order valence-corrected chi connectivity index (χ0v) is 22.1. The maximum Gasteiger partial charge on any atom is 0.151 e. The van der Waals surface area contributed by atoms with Gasteiger partial charge >= 0.3 is 0 Å². The summed E-state index contributed by atoms with van der Waals surface area (Å²) in [7, 11) is 2.19. The molecule has 5 rings (SSSR count). The van der Waals surface area contributed by atoms with Crippen LogP contribution < -0.4 is 9.62 Å². The third kappa shape index (κ3) is 6.95. The van der Waals surface area contributed by atoms with Gasteiger partial charge in [0.25, 0.3) is 0 Å². The van der Waals surface area contributed by atoms with Gasteiger partial charge in [0.15, 0.2) is 5.82 Å². The van der Waals surface area contributed by atoms with Gasteiger partial charge in [-0.3, -0.25) is 0 Å². The first-order chi connectivity index (χ1) is 17.6. The van der Waals surface area contributed by atoms with Crippen LogP contribution in [0.1, 0.15) is 43.6 Å². The molecule has 2 aromatic rings. The predicted molar refractivity (Wildman–Crippen MR) is 143 cm³/mol. The summed E-state index contributed by atoms with van der Waals surface area (Å²) in [6, 6.07) is 11.5. The molecule has 2 saturated heterocycles. The molecule has 2 unspecified atom stereocenters. The van der Waals surface area contributed by atoms with E-state index >= 15 is 0 Å². The van der Waals surface area contributed by atoms with Gasteiger partial charge in [0, 0.05) is 69.6 Å². The van der Waals surface area contributed by atoms with E-state index in [2.05, 4.69) is 42.1 Å². The molecule has 0 radical (unpaired) electrons. The molecule has 3 aliphatic rings. The summed E-state index contributed by atoms with van der Waals surface area (Å²) < 4.78 is 26.5. The maximum absolute atomic E-state index is 13.7. The van der Waals surface area contributed by atoms with E-state index in [1.165, 1.54) is 6.07 Å². The number of nitrogens with zero attached hydrogens (tertiary/aromatic N) is 5. The predicted octanol–water partition coefficient (Wildman–Crippen LogP) is 3.95. The lowest BCUT2D eigenvalue weighted by Gasteiger charge is -2.41. The summed E-state index contributed by atoms with van der Waals surface area (Å²) in [6.07, 6.45) is 7.26. The van der Waals surface area contributed by atoms with Crippen molar-refractivity contribution >= 4 is 18.0 Å². The van der Waals surface area contributed by atoms with Crippen molar-refractivity contribution in [1.29, 1.82) is 0 Å². The second-order valence-electron chi connectivity index (χ2n) is 10.5. The Kier molecular flexibility index (Phi) is 9.08. The average molecular weight is 515 g/mol. The molecule has 3 heterocycles. The number of anilines is 1. The second kappa shape index (κ2) is 12.6. The van der Waals surface area contributed by atoms with Gasteiger partial charge in [-0.1, -0.05) is 12.1 Å². The Morgan fingerprint density at radius 3 is 2.61 bits per heavy atom. The van der Waals surface area contributed by atoms with Crippen molar-refractivity contribution in [3.8, 4) is 0 Å². The monoisotopic (exact) mass is 514 g/mol. The highest BCUT2D eigenvalue weighted by molar-refractivity contribution is 7.95. The van der Waals surface area contributed by atoms with E-state index in [4.69, 9.17) is 4.74 Å². The van der Waals surface area contributed by atoms with Crippen molar-refractivity contribution in [3.63, 3.8) is 0 Å². The highest BCUT2D eigenvalue weighted by Crippen LogP contribution is 2.35. The lowest BCUT2D eigenvalue weighted by Crippen LogP contribution is -2.51. The van der Waals surface area contributed by atoms with Crippen molar-refractivity contribution in [3.05, 3.63) is 54.0 Å². The number of likely N-dealkylation sites (N-methyl/N-ethyl adjacent to an activating group) is 1. The van der Waals surface area contributed by atoms with Gasteiger partial charge in [0.05, 0.1) is 12.7 Å². The Morgan fingerprint density at radius 1 is 1.03 bits per heavy atom. The first kappa shape index (κ1) is 25.9. The molecule has 1 aliphatic carbocycles. The van der Waals surface area contributed by atoms with Crippen LogP contribution in [0.3, 0.4) is 0 Å². The van der Waals surface area contributed by atoms with E-state index in [-0.39, 0.29) is 11.9 Å². The van der Waals surface area contributed by atoms with E-state index in [0.717, 1.165) is 89.4 Å². The van der Waals surface area contributed by atoms with Crippen LogP contribution in [0.4, 0.5) is 10.2 Å². The minimum absolute atomic E-state index is 0.135. The topological polar surface area (TPSA) is 56.8 Å². The molecule has 3 fully saturated rings. The average Bonchev–Trinajstić information content (AvgIpc) is 2.92. The van der Waals surface area contributed by atoms with E-state index in [1.54, 1.807) is 24.4 Å². The van der Waals surface area contributed by atoms with Crippen LogP contribution in [0, 0.1) is 11.7 Å². The molecule has 1 aromatic carbocycles. The lowest BCUT2D eigenvalue weighted by atomic mass is 9.82. The standard InChI is InChI=1S/C27H39FN6OS/c1-32-14-16-34(17-15-32)36-31-26-11-13-33(27-6-3-12-29-30-27)19-23(26)20-35-25-9-7-21(8-10-25)22-4-2-5-24(28)18-22/h2-6,12,18,21,23,25-26,31H,7-11,13-17,19-20H2,1H3. The van der Waals surface area contributed by atoms with E-state index in [1.807, 2.05) is 18.2 Å². The van der Waals surface area contributed by atoms with Gasteiger partial charge in [0.1, 0.15) is 5.82 Å². The van der Waals surface area contributed by atoms with Gasteiger partial charge in [-0.25, -0.2) is 13.4 Å². The highest BCUT2D eigenvalue weighted by Gasteiger charge is 2.32. The third-order valence-electron chi connectivity index (χ3n) is 7.95. The molecular weight excluding hydrogens is 475 g/mol. The second-order valence-corrected chi connectivity index (χ2v) is 11.4. The molecule has 1 N–H and O–H groups in total. The molecule has 1 saturated carbocycles. The Bertz CT molecular complexity index is 939. The molecule has 7 nitrogen and oxygen atoms in total. The zero-order chi connectivity index (χ0) is 24.7. The van der Waals surface area contributed by atoms with Crippen LogP contribution in [0.25, 0.3) is 0 Å². The van der Waals surface area contributed by atoms with Gasteiger partial charge in [0.2, 0.25) is 0 Å². The number of hydrogen-bond donors (Lipinski definition) is 1. The first-order valence-corrected chi connectivity index (χ1v) is 14.2. The summed E-state index contributed by atoms with van der Waals surface area (Å²) >= 11 is 1.79. The molecule has 196 valence electrons. The van der Waals surface area contributed by atoms with E-state index in [0.29, 0.717) is 17.9 Å². The summed E-state index contributed by atoms with van der Waals surface area (Å²) in [5.41, 5.74) is 1.13. The minimum Gasteiger partial charge on any atom is -0.378 e. The molecule has 0 spiro atoms. The van der Waals surface area contributed by atoms with Crippen LogP contribution in [0.15, 0.2) is 42.6 Å². The molecule has 0 amide bonds. The summed E-state index contributed by atoms with van der Waals surface area (Å²) in [6.45, 7) is 7.03. The number of piperidine rings is 1. The lowest BCUT2D eigenvalue weighted by molar-refractivity contribution is -0.00207. The number of nitrogens with one attached hydrogen (secondary N) is 1. The van der Waals surface area contributed by atoms with Crippen molar-refractivity contribution in [2.45, 2.75) is 50.2 Å². The van der Waals surface area contributed by atoms with Crippen molar-refractivity contribution in [2.24, 2.45) is 5.92 Å². The van der Waals surface area contributed by atoms with Crippen LogP contribution in [-0.2, 0) is 4.74 Å². The van der Waals surface area contributed by atoms with Gasteiger partial charge in [-0.05, 0) is 74.9 Å². The number of piperazine rings is 1. The number of ether oxygens (including phenoxy) is 1. The first-order valence-electron chi connectivity index (χ1n) is 13.4. The summed E-state index contributed by atoms with van der Waals surface area (Å²) in [5.74, 6) is 1.63. The maximum atomic E-state index is 13.7. The molecule has 1 aromatic heterocycles. The van der Waals surface area contributed by atoms with Crippen molar-refractivity contribution in [1.82, 2.24) is 24.1 Å². The molecule has 2 aliphatic heterocycles. The number of benzene rings is 1. The summed E-state index contributed by atoms with van der Waals surface area (Å²) in [4.78, 5) is 4.73. The van der Waals surface area contributed by atoms with E-state index in [9.17, 15) is 4.39 Å². The summed E-state index contributed by atoms with van der Waals surface area (Å²) in [5, 5.41) is 8.44. The number of rotatable bonds is 8. The van der Waals surface area contributed by atoms with Crippen LogP contribution in [0.5, 0.6) is 0 Å². The Balaban J connectivity index is 1.15. The fourth-order valence-electron chi connectivity index (χ4n) is 5.63. The number of hydrogen-bond acceptors (Lipinski definition) is 8. The van der Waals surface area contributed by atoms with Crippen LogP contribution in [0.2, 0.25) is 0 Å². The van der Waals surface area contributed by atoms with Gasteiger partial charge in [-0.15, -0.1) is 5.10 Å². The number of aromatic nitrogens is 2. The fourth-order valence-corrected chi connectivity index (χ4v) is 6.57. The number of halogens is 1. The van der Waals surface area contributed by atoms with Crippen LogP contribution >= 0.6 is 12.1 Å². The minimum atomic E-state index is -0.135. The SMILES string of the molecule is CN1CCN(SNC2CCN(c3cccnn3)CC2COC2CCC(c3cccc(F)c3)CC2)CC1. The third-order valence-corrected chi connectivity index (χ3v) is 8.98. The van der Waals surface area contributed by atoms with Crippen LogP contribution in [-0.4, -0.2) is 84.5 Å². The van der Waals surface area contributed by atoms with Gasteiger partial charge in [-0.2, -0.15) is 5.10 Å².